The van der Waals surface area contributed by atoms with E-state index in [1.165, 1.54) is 12.2 Å². The maximum atomic E-state index is 13.8. The number of anilines is 1. The van der Waals surface area contributed by atoms with E-state index in [0.717, 1.165) is 48.2 Å². The third kappa shape index (κ3) is 4.95. The SMILES string of the molecule is Cc1ccc(NC(=O)N2CCC3(CCN(C(=O)/C=C/c4ccc(F)c(F)c4F)C3)CC2)c(C)c1. The molecule has 0 radical (unpaired) electrons. The Morgan fingerprint density at radius 3 is 2.29 bits per heavy atom. The number of urea groups is 1. The van der Waals surface area contributed by atoms with E-state index in [1.54, 1.807) is 9.80 Å². The number of rotatable bonds is 3. The minimum atomic E-state index is -1.55. The molecule has 2 aromatic carbocycles. The molecule has 2 aliphatic rings. The van der Waals surface area contributed by atoms with Crippen molar-refractivity contribution < 1.29 is 22.8 Å². The molecule has 0 unspecified atom stereocenters. The maximum Gasteiger partial charge on any atom is 0.321 e. The number of hydrogen-bond donors (Lipinski definition) is 1. The van der Waals surface area contributed by atoms with Crippen LogP contribution >= 0.6 is 0 Å². The van der Waals surface area contributed by atoms with Crippen molar-refractivity contribution >= 4 is 23.7 Å². The highest BCUT2D eigenvalue weighted by molar-refractivity contribution is 5.92. The molecule has 2 fully saturated rings. The van der Waals surface area contributed by atoms with Crippen molar-refractivity contribution in [1.82, 2.24) is 9.80 Å². The fraction of sp³-hybridized carbons (Fsp3) is 0.385. The predicted molar refractivity (Wildman–Crippen MR) is 125 cm³/mol. The minimum Gasteiger partial charge on any atom is -0.339 e. The van der Waals surface area contributed by atoms with Crippen LogP contribution < -0.4 is 5.32 Å². The van der Waals surface area contributed by atoms with Gasteiger partial charge in [-0.15, -0.1) is 0 Å². The predicted octanol–water partition coefficient (Wildman–Crippen LogP) is 5.28. The first-order valence-corrected chi connectivity index (χ1v) is 11.4. The van der Waals surface area contributed by atoms with Gasteiger partial charge in [0.15, 0.2) is 17.5 Å². The summed E-state index contributed by atoms with van der Waals surface area (Å²) in [5, 5.41) is 2.99. The molecule has 0 bridgehead atoms. The Hall–Kier alpha value is -3.29. The van der Waals surface area contributed by atoms with Gasteiger partial charge < -0.3 is 15.1 Å². The number of halogens is 3. The van der Waals surface area contributed by atoms with Gasteiger partial charge in [0.25, 0.3) is 0 Å². The van der Waals surface area contributed by atoms with Crippen LogP contribution in [0.15, 0.2) is 36.4 Å². The summed E-state index contributed by atoms with van der Waals surface area (Å²) in [4.78, 5) is 28.8. The third-order valence-corrected chi connectivity index (χ3v) is 6.96. The molecule has 2 aliphatic heterocycles. The van der Waals surface area contributed by atoms with Gasteiger partial charge in [0.1, 0.15) is 0 Å². The van der Waals surface area contributed by atoms with Gasteiger partial charge in [0.05, 0.1) is 0 Å². The Morgan fingerprint density at radius 1 is 0.941 bits per heavy atom. The molecule has 8 heteroatoms. The number of carbonyl (C=O) groups is 2. The van der Waals surface area contributed by atoms with Gasteiger partial charge in [-0.1, -0.05) is 17.7 Å². The zero-order valence-electron chi connectivity index (χ0n) is 19.3. The summed E-state index contributed by atoms with van der Waals surface area (Å²) in [6.07, 6.45) is 4.78. The molecule has 2 aromatic rings. The average molecular weight is 472 g/mol. The Bertz CT molecular complexity index is 1140. The van der Waals surface area contributed by atoms with Gasteiger partial charge >= 0.3 is 6.03 Å². The zero-order chi connectivity index (χ0) is 24.5. The summed E-state index contributed by atoms with van der Waals surface area (Å²) >= 11 is 0. The maximum absolute atomic E-state index is 13.8. The fourth-order valence-electron chi connectivity index (χ4n) is 4.80. The first-order valence-electron chi connectivity index (χ1n) is 11.4. The van der Waals surface area contributed by atoms with E-state index in [1.807, 2.05) is 32.0 Å². The van der Waals surface area contributed by atoms with Crippen LogP contribution in [-0.2, 0) is 4.79 Å². The molecule has 180 valence electrons. The van der Waals surface area contributed by atoms with Crippen molar-refractivity contribution in [1.29, 1.82) is 0 Å². The first kappa shape index (κ1) is 23.9. The summed E-state index contributed by atoms with van der Waals surface area (Å²) in [6, 6.07) is 7.71. The van der Waals surface area contributed by atoms with Crippen LogP contribution in [0.25, 0.3) is 6.08 Å². The standard InChI is InChI=1S/C26H28F3N3O2/c1-17-3-7-21(18(2)15-17)30-25(34)31-12-9-26(10-13-31)11-14-32(16-26)22(33)8-5-19-4-6-20(27)24(29)23(19)28/h3-8,15H,9-14,16H2,1-2H3,(H,30,34)/b8-5+. The first-order chi connectivity index (χ1) is 16.2. The number of benzene rings is 2. The number of aryl methyl sites for hydroxylation is 2. The van der Waals surface area contributed by atoms with Crippen LogP contribution in [0.2, 0.25) is 0 Å². The number of piperidine rings is 1. The number of hydrogen-bond acceptors (Lipinski definition) is 2. The minimum absolute atomic E-state index is 0.0483. The summed E-state index contributed by atoms with van der Waals surface area (Å²) in [5.41, 5.74) is 2.73. The monoisotopic (exact) mass is 471 g/mol. The van der Waals surface area contributed by atoms with Crippen molar-refractivity contribution in [2.45, 2.75) is 33.1 Å². The van der Waals surface area contributed by atoms with Gasteiger partial charge in [-0.25, -0.2) is 18.0 Å². The van der Waals surface area contributed by atoms with Gasteiger partial charge in [-0.2, -0.15) is 0 Å². The van der Waals surface area contributed by atoms with Crippen LogP contribution in [0, 0.1) is 36.7 Å². The van der Waals surface area contributed by atoms with Crippen LogP contribution in [0.4, 0.5) is 23.7 Å². The van der Waals surface area contributed by atoms with Gasteiger partial charge in [-0.3, -0.25) is 4.79 Å². The summed E-state index contributed by atoms with van der Waals surface area (Å²) in [6.45, 7) is 6.31. The second-order valence-corrected chi connectivity index (χ2v) is 9.34. The van der Waals surface area contributed by atoms with E-state index in [9.17, 15) is 22.8 Å². The normalized spacial score (nSPS) is 17.6. The lowest BCUT2D eigenvalue weighted by atomic mass is 9.78. The van der Waals surface area contributed by atoms with Crippen LogP contribution in [-0.4, -0.2) is 47.9 Å². The third-order valence-electron chi connectivity index (χ3n) is 6.96. The molecule has 4 rings (SSSR count). The van der Waals surface area contributed by atoms with E-state index in [-0.39, 0.29) is 22.9 Å². The molecule has 1 spiro atoms. The molecular formula is C26H28F3N3O2. The Morgan fingerprint density at radius 2 is 1.62 bits per heavy atom. The molecule has 3 amide bonds. The van der Waals surface area contributed by atoms with Crippen molar-refractivity contribution in [2.75, 3.05) is 31.5 Å². The molecule has 0 aliphatic carbocycles. The van der Waals surface area contributed by atoms with Crippen LogP contribution in [0.5, 0.6) is 0 Å². The Labute approximate surface area is 197 Å². The number of likely N-dealkylation sites (tertiary alicyclic amines) is 2. The smallest absolute Gasteiger partial charge is 0.321 e. The van der Waals surface area contributed by atoms with E-state index in [0.29, 0.717) is 26.2 Å². The molecule has 2 heterocycles. The zero-order valence-corrected chi connectivity index (χ0v) is 19.3. The lowest BCUT2D eigenvalue weighted by Crippen LogP contribution is -2.46. The average Bonchev–Trinajstić information content (AvgIpc) is 3.22. The largest absolute Gasteiger partial charge is 0.339 e. The molecule has 34 heavy (non-hydrogen) atoms. The second kappa shape index (κ2) is 9.52. The summed E-state index contributed by atoms with van der Waals surface area (Å²) in [5.74, 6) is -4.43. The van der Waals surface area contributed by atoms with E-state index in [4.69, 9.17) is 0 Å². The summed E-state index contributed by atoms with van der Waals surface area (Å²) in [7, 11) is 0. The highest BCUT2D eigenvalue weighted by Gasteiger charge is 2.42. The van der Waals surface area contributed by atoms with Gasteiger partial charge in [0, 0.05) is 43.5 Å². The quantitative estimate of drug-likeness (QED) is 0.489. The summed E-state index contributed by atoms with van der Waals surface area (Å²) < 4.78 is 40.3. The molecule has 2 saturated heterocycles. The van der Waals surface area contributed by atoms with E-state index in [2.05, 4.69) is 5.32 Å². The molecule has 0 saturated carbocycles. The number of amides is 3. The van der Waals surface area contributed by atoms with Crippen LogP contribution in [0.3, 0.4) is 0 Å². The molecule has 5 nitrogen and oxygen atoms in total. The number of nitrogens with zero attached hydrogens (tertiary/aromatic N) is 2. The molecule has 0 atom stereocenters. The van der Waals surface area contributed by atoms with Crippen molar-refractivity contribution in [2.24, 2.45) is 5.41 Å². The topological polar surface area (TPSA) is 52.7 Å². The van der Waals surface area contributed by atoms with Gasteiger partial charge in [-0.05, 0) is 68.4 Å². The van der Waals surface area contributed by atoms with E-state index < -0.39 is 17.5 Å². The Balaban J connectivity index is 1.31. The van der Waals surface area contributed by atoms with Crippen molar-refractivity contribution in [3.05, 3.63) is 70.5 Å². The lowest BCUT2D eigenvalue weighted by molar-refractivity contribution is -0.125. The van der Waals surface area contributed by atoms with E-state index >= 15 is 0 Å². The van der Waals surface area contributed by atoms with Crippen molar-refractivity contribution in [3.63, 3.8) is 0 Å². The molecular weight excluding hydrogens is 443 g/mol. The molecule has 0 aromatic heterocycles. The lowest BCUT2D eigenvalue weighted by Gasteiger charge is -2.39. The Kier molecular flexibility index (Phi) is 6.68. The second-order valence-electron chi connectivity index (χ2n) is 9.34. The number of carbonyl (C=O) groups excluding carboxylic acids is 2. The highest BCUT2D eigenvalue weighted by atomic mass is 19.2. The molecule has 1 N–H and O–H groups in total. The highest BCUT2D eigenvalue weighted by Crippen LogP contribution is 2.40. The number of nitrogens with one attached hydrogen (secondary N) is 1. The van der Waals surface area contributed by atoms with Gasteiger partial charge in [0.2, 0.25) is 5.91 Å². The van der Waals surface area contributed by atoms with Crippen molar-refractivity contribution in [3.8, 4) is 0 Å². The van der Waals surface area contributed by atoms with Crippen LogP contribution in [0.1, 0.15) is 36.0 Å². The fourth-order valence-corrected chi connectivity index (χ4v) is 4.80.